The lowest BCUT2D eigenvalue weighted by atomic mass is 10.1. The summed E-state index contributed by atoms with van der Waals surface area (Å²) in [6, 6.07) is 16.5. The van der Waals surface area contributed by atoms with Crippen LogP contribution in [-0.2, 0) is 20.9 Å². The molecular weight excluding hydrogens is 346 g/mol. The van der Waals surface area contributed by atoms with Crippen LogP contribution in [0.3, 0.4) is 0 Å². The van der Waals surface area contributed by atoms with Crippen LogP contribution in [0.15, 0.2) is 67.0 Å². The van der Waals surface area contributed by atoms with Crippen molar-refractivity contribution in [3.05, 3.63) is 72.6 Å². The maximum Gasteiger partial charge on any atom is 0.310 e. The summed E-state index contributed by atoms with van der Waals surface area (Å²) < 4.78 is 12.6. The third-order valence-corrected chi connectivity index (χ3v) is 4.16. The van der Waals surface area contributed by atoms with Crippen LogP contribution in [-0.4, -0.2) is 27.8 Å². The molecule has 136 valence electrons. The first kappa shape index (κ1) is 16.8. The van der Waals surface area contributed by atoms with Gasteiger partial charge in [-0.05, 0) is 35.9 Å². The molecule has 0 unspecified atom stereocenters. The maximum atomic E-state index is 12.1. The number of benzene rings is 2. The zero-order valence-electron chi connectivity index (χ0n) is 14.4. The van der Waals surface area contributed by atoms with Gasteiger partial charge in [-0.1, -0.05) is 24.3 Å². The van der Waals surface area contributed by atoms with Crippen molar-refractivity contribution < 1.29 is 19.1 Å². The summed E-state index contributed by atoms with van der Waals surface area (Å²) in [7, 11) is 0. The van der Waals surface area contributed by atoms with Crippen molar-refractivity contribution in [2.45, 2.75) is 19.1 Å². The van der Waals surface area contributed by atoms with E-state index in [1.165, 1.54) is 0 Å². The smallest absolute Gasteiger partial charge is 0.310 e. The number of hydrogen-bond acceptors (Lipinski definition) is 5. The molecule has 27 heavy (non-hydrogen) atoms. The van der Waals surface area contributed by atoms with Crippen LogP contribution in [0.2, 0.25) is 0 Å². The lowest BCUT2D eigenvalue weighted by molar-refractivity contribution is -0.149. The van der Waals surface area contributed by atoms with Gasteiger partial charge in [-0.25, -0.2) is 4.68 Å². The van der Waals surface area contributed by atoms with Crippen LogP contribution in [0, 0.1) is 0 Å². The van der Waals surface area contributed by atoms with Gasteiger partial charge in [0.15, 0.2) is 6.10 Å². The van der Waals surface area contributed by atoms with Crippen molar-refractivity contribution in [2.75, 3.05) is 5.32 Å². The summed E-state index contributed by atoms with van der Waals surface area (Å²) in [6.45, 7) is 0.128. The van der Waals surface area contributed by atoms with Gasteiger partial charge in [-0.2, -0.15) is 5.10 Å². The summed E-state index contributed by atoms with van der Waals surface area (Å²) in [6.07, 6.45) is 2.51. The van der Waals surface area contributed by atoms with E-state index in [4.69, 9.17) is 9.47 Å². The largest absolute Gasteiger partial charge is 0.478 e. The Balaban J connectivity index is 1.32. The molecule has 0 radical (unpaired) electrons. The van der Waals surface area contributed by atoms with E-state index < -0.39 is 12.1 Å². The molecule has 0 aliphatic carbocycles. The van der Waals surface area contributed by atoms with E-state index in [0.717, 1.165) is 11.3 Å². The number of nitrogens with one attached hydrogen (secondary N) is 1. The molecule has 1 aliphatic rings. The number of nitrogens with zero attached hydrogens (tertiary/aromatic N) is 2. The molecule has 1 aromatic heterocycles. The number of carbonyl (C=O) groups is 2. The molecule has 7 nitrogen and oxygen atoms in total. The Morgan fingerprint density at radius 1 is 1.15 bits per heavy atom. The maximum absolute atomic E-state index is 12.1. The molecule has 2 aromatic carbocycles. The average molecular weight is 363 g/mol. The van der Waals surface area contributed by atoms with Crippen molar-refractivity contribution >= 4 is 17.6 Å². The normalized spacial score (nSPS) is 15.4. The van der Waals surface area contributed by atoms with Gasteiger partial charge >= 0.3 is 5.97 Å². The third-order valence-electron chi connectivity index (χ3n) is 4.16. The second-order valence-electron chi connectivity index (χ2n) is 6.07. The molecule has 7 heteroatoms. The Kier molecular flexibility index (Phi) is 4.57. The molecule has 1 atom stereocenters. The molecule has 1 amide bonds. The van der Waals surface area contributed by atoms with Gasteiger partial charge in [-0.15, -0.1) is 0 Å². The van der Waals surface area contributed by atoms with Crippen LogP contribution >= 0.6 is 0 Å². The van der Waals surface area contributed by atoms with Crippen LogP contribution in [0.1, 0.15) is 12.0 Å². The first-order chi connectivity index (χ1) is 13.2. The minimum absolute atomic E-state index is 0.128. The molecule has 1 aliphatic heterocycles. The topological polar surface area (TPSA) is 82.5 Å². The van der Waals surface area contributed by atoms with Crippen LogP contribution < -0.4 is 10.1 Å². The van der Waals surface area contributed by atoms with Gasteiger partial charge in [0, 0.05) is 12.4 Å². The first-order valence-electron chi connectivity index (χ1n) is 8.50. The van der Waals surface area contributed by atoms with E-state index in [-0.39, 0.29) is 18.9 Å². The van der Waals surface area contributed by atoms with Crippen LogP contribution in [0.4, 0.5) is 5.69 Å². The summed E-state index contributed by atoms with van der Waals surface area (Å²) >= 11 is 0. The van der Waals surface area contributed by atoms with Crippen molar-refractivity contribution in [1.82, 2.24) is 9.78 Å². The summed E-state index contributed by atoms with van der Waals surface area (Å²) in [5, 5.41) is 6.89. The van der Waals surface area contributed by atoms with Crippen molar-refractivity contribution in [2.24, 2.45) is 0 Å². The number of aromatic nitrogens is 2. The minimum Gasteiger partial charge on any atom is -0.478 e. The molecule has 4 rings (SSSR count). The third kappa shape index (κ3) is 3.82. The first-order valence-corrected chi connectivity index (χ1v) is 8.50. The molecule has 2 heterocycles. The lowest BCUT2D eigenvalue weighted by Gasteiger charge is -2.25. The molecule has 0 spiro atoms. The Morgan fingerprint density at radius 3 is 2.74 bits per heavy atom. The number of rotatable bonds is 5. The molecular formula is C20H17N3O4. The molecule has 0 fully saturated rings. The van der Waals surface area contributed by atoms with E-state index >= 15 is 0 Å². The number of carbonyl (C=O) groups excluding carboxylic acids is 2. The zero-order chi connectivity index (χ0) is 18.6. The summed E-state index contributed by atoms with van der Waals surface area (Å²) in [4.78, 5) is 24.2. The van der Waals surface area contributed by atoms with Crippen molar-refractivity contribution in [3.8, 4) is 11.4 Å². The monoisotopic (exact) mass is 363 g/mol. The van der Waals surface area contributed by atoms with Gasteiger partial charge in [0.25, 0.3) is 5.91 Å². The van der Waals surface area contributed by atoms with Gasteiger partial charge in [-0.3, -0.25) is 9.59 Å². The summed E-state index contributed by atoms with van der Waals surface area (Å²) in [5.74, 6) is -0.302. The number of para-hydroxylation sites is 2. The minimum atomic E-state index is -0.894. The van der Waals surface area contributed by atoms with Crippen molar-refractivity contribution in [1.29, 1.82) is 0 Å². The van der Waals surface area contributed by atoms with Gasteiger partial charge in [0.05, 0.1) is 17.8 Å². The highest BCUT2D eigenvalue weighted by Gasteiger charge is 2.30. The number of fused-ring (bicyclic) bond motifs is 1. The van der Waals surface area contributed by atoms with E-state index in [9.17, 15) is 9.59 Å². The molecule has 3 aromatic rings. The molecule has 0 bridgehead atoms. The van der Waals surface area contributed by atoms with Gasteiger partial charge in [0.1, 0.15) is 12.4 Å². The molecule has 0 saturated carbocycles. The highest BCUT2D eigenvalue weighted by molar-refractivity contribution is 5.99. The fraction of sp³-hybridized carbons (Fsp3) is 0.150. The fourth-order valence-electron chi connectivity index (χ4n) is 2.77. The second kappa shape index (κ2) is 7.33. The Bertz CT molecular complexity index is 952. The SMILES string of the molecule is O=C(C[C@H]1Oc2ccccc2NC1=O)OCc1ccc(-n2cccn2)cc1. The number of amides is 1. The van der Waals surface area contributed by atoms with Crippen LogP contribution in [0.25, 0.3) is 5.69 Å². The van der Waals surface area contributed by atoms with E-state index in [1.807, 2.05) is 36.5 Å². The molecule has 0 saturated heterocycles. The number of hydrogen-bond donors (Lipinski definition) is 1. The Hall–Kier alpha value is -3.61. The van der Waals surface area contributed by atoms with Gasteiger partial charge < -0.3 is 14.8 Å². The lowest BCUT2D eigenvalue weighted by Crippen LogP contribution is -2.38. The highest BCUT2D eigenvalue weighted by atomic mass is 16.5. The highest BCUT2D eigenvalue weighted by Crippen LogP contribution is 2.29. The Morgan fingerprint density at radius 2 is 1.96 bits per heavy atom. The van der Waals surface area contributed by atoms with Gasteiger partial charge in [0.2, 0.25) is 0 Å². The summed E-state index contributed by atoms with van der Waals surface area (Å²) in [5.41, 5.74) is 2.36. The predicted molar refractivity (Wildman–Crippen MR) is 97.5 cm³/mol. The standard InChI is InChI=1S/C20H17N3O4/c24-19(12-18-20(25)22-16-4-1-2-5-17(16)27-18)26-13-14-6-8-15(9-7-14)23-11-3-10-21-23/h1-11,18H,12-13H2,(H,22,25)/t18-/m1/s1. The zero-order valence-corrected chi connectivity index (χ0v) is 14.4. The second-order valence-corrected chi connectivity index (χ2v) is 6.07. The quantitative estimate of drug-likeness (QED) is 0.705. The van der Waals surface area contributed by atoms with E-state index in [2.05, 4.69) is 10.4 Å². The Labute approximate surface area is 155 Å². The van der Waals surface area contributed by atoms with Crippen LogP contribution in [0.5, 0.6) is 5.75 Å². The number of esters is 1. The molecule has 1 N–H and O–H groups in total. The number of anilines is 1. The number of ether oxygens (including phenoxy) is 2. The van der Waals surface area contributed by atoms with Crippen molar-refractivity contribution in [3.63, 3.8) is 0 Å². The van der Waals surface area contributed by atoms with E-state index in [0.29, 0.717) is 11.4 Å². The average Bonchev–Trinajstić information content (AvgIpc) is 3.22. The predicted octanol–water partition coefficient (Wildman–Crippen LogP) is 2.71. The fourth-order valence-corrected chi connectivity index (χ4v) is 2.77. The van der Waals surface area contributed by atoms with E-state index in [1.54, 1.807) is 35.1 Å².